The highest BCUT2D eigenvalue weighted by Gasteiger charge is 2.04. The van der Waals surface area contributed by atoms with Gasteiger partial charge in [-0.05, 0) is 6.07 Å². The SMILES string of the molecule is CN(C)c1nc2cc[nH]c2c(=O)[nH]1. The molecule has 0 aliphatic rings. The van der Waals surface area contributed by atoms with E-state index in [0.717, 1.165) is 0 Å². The molecule has 0 aliphatic heterocycles. The van der Waals surface area contributed by atoms with Crippen molar-refractivity contribution in [3.05, 3.63) is 22.6 Å². The molecule has 0 aromatic carbocycles. The van der Waals surface area contributed by atoms with E-state index in [-0.39, 0.29) is 5.56 Å². The zero-order chi connectivity index (χ0) is 9.42. The molecule has 5 nitrogen and oxygen atoms in total. The zero-order valence-electron chi connectivity index (χ0n) is 7.46. The van der Waals surface area contributed by atoms with E-state index < -0.39 is 0 Å². The van der Waals surface area contributed by atoms with Crippen molar-refractivity contribution in [3.63, 3.8) is 0 Å². The van der Waals surface area contributed by atoms with E-state index in [1.807, 2.05) is 14.1 Å². The van der Waals surface area contributed by atoms with E-state index in [0.29, 0.717) is 17.0 Å². The first kappa shape index (κ1) is 7.85. The van der Waals surface area contributed by atoms with E-state index in [2.05, 4.69) is 15.0 Å². The highest BCUT2D eigenvalue weighted by Crippen LogP contribution is 2.07. The average molecular weight is 178 g/mol. The third-order valence-corrected chi connectivity index (χ3v) is 1.83. The van der Waals surface area contributed by atoms with Gasteiger partial charge in [-0.25, -0.2) is 4.98 Å². The van der Waals surface area contributed by atoms with E-state index in [9.17, 15) is 4.79 Å². The minimum absolute atomic E-state index is 0.140. The number of anilines is 1. The van der Waals surface area contributed by atoms with Crippen molar-refractivity contribution in [1.29, 1.82) is 0 Å². The predicted octanol–water partition coefficient (Wildman–Crippen LogP) is 0.317. The molecule has 0 saturated heterocycles. The Kier molecular flexibility index (Phi) is 1.58. The molecule has 2 N–H and O–H groups in total. The Morgan fingerprint density at radius 2 is 2.23 bits per heavy atom. The maximum atomic E-state index is 11.4. The Morgan fingerprint density at radius 3 is 2.92 bits per heavy atom. The maximum Gasteiger partial charge on any atom is 0.276 e. The van der Waals surface area contributed by atoms with Gasteiger partial charge in [-0.15, -0.1) is 0 Å². The summed E-state index contributed by atoms with van der Waals surface area (Å²) >= 11 is 0. The molecular formula is C8H10N4O. The van der Waals surface area contributed by atoms with Crippen molar-refractivity contribution < 1.29 is 0 Å². The fourth-order valence-electron chi connectivity index (χ4n) is 1.15. The Morgan fingerprint density at radius 1 is 1.46 bits per heavy atom. The summed E-state index contributed by atoms with van der Waals surface area (Å²) in [5, 5.41) is 0. The number of aromatic nitrogens is 3. The van der Waals surface area contributed by atoms with Crippen LogP contribution in [0.1, 0.15) is 0 Å². The largest absolute Gasteiger partial charge is 0.355 e. The van der Waals surface area contributed by atoms with Gasteiger partial charge in [0.2, 0.25) is 5.95 Å². The summed E-state index contributed by atoms with van der Waals surface area (Å²) in [6.45, 7) is 0. The van der Waals surface area contributed by atoms with Crippen LogP contribution >= 0.6 is 0 Å². The number of nitrogens with zero attached hydrogens (tertiary/aromatic N) is 2. The molecule has 0 fully saturated rings. The molecule has 0 unspecified atom stereocenters. The first-order valence-corrected chi connectivity index (χ1v) is 3.93. The van der Waals surface area contributed by atoms with Crippen LogP contribution in [0.5, 0.6) is 0 Å². The van der Waals surface area contributed by atoms with Gasteiger partial charge in [0.15, 0.2) is 0 Å². The minimum atomic E-state index is -0.140. The lowest BCUT2D eigenvalue weighted by Crippen LogP contribution is -2.18. The standard InChI is InChI=1S/C8H10N4O/c1-12(2)8-10-5-3-4-9-6(5)7(13)11-8/h3-4,9H,1-2H3,(H,10,11,13). The number of hydrogen-bond donors (Lipinski definition) is 2. The van der Waals surface area contributed by atoms with Gasteiger partial charge in [0, 0.05) is 20.3 Å². The number of hydrogen-bond acceptors (Lipinski definition) is 3. The summed E-state index contributed by atoms with van der Waals surface area (Å²) in [5.41, 5.74) is 1.07. The Labute approximate surface area is 74.4 Å². The summed E-state index contributed by atoms with van der Waals surface area (Å²) in [7, 11) is 3.66. The van der Waals surface area contributed by atoms with Crippen molar-refractivity contribution in [3.8, 4) is 0 Å². The molecule has 5 heteroatoms. The van der Waals surface area contributed by atoms with Crippen LogP contribution in [-0.4, -0.2) is 29.0 Å². The molecule has 68 valence electrons. The van der Waals surface area contributed by atoms with Gasteiger partial charge in [0.1, 0.15) is 5.52 Å². The first-order chi connectivity index (χ1) is 6.18. The topological polar surface area (TPSA) is 64.8 Å². The lowest BCUT2D eigenvalue weighted by molar-refractivity contribution is 1.00. The Hall–Kier alpha value is -1.78. The molecule has 13 heavy (non-hydrogen) atoms. The second kappa shape index (κ2) is 2.62. The zero-order valence-corrected chi connectivity index (χ0v) is 7.46. The highest BCUT2D eigenvalue weighted by atomic mass is 16.1. The van der Waals surface area contributed by atoms with Crippen molar-refractivity contribution >= 4 is 17.0 Å². The molecule has 0 atom stereocenters. The van der Waals surface area contributed by atoms with Gasteiger partial charge in [-0.3, -0.25) is 9.78 Å². The molecule has 0 spiro atoms. The van der Waals surface area contributed by atoms with Crippen molar-refractivity contribution in [1.82, 2.24) is 15.0 Å². The van der Waals surface area contributed by atoms with Gasteiger partial charge in [0.05, 0.1) is 5.52 Å². The van der Waals surface area contributed by atoms with Crippen molar-refractivity contribution in [2.45, 2.75) is 0 Å². The molecule has 2 heterocycles. The second-order valence-electron chi connectivity index (χ2n) is 3.02. The van der Waals surface area contributed by atoms with Gasteiger partial charge in [0.25, 0.3) is 5.56 Å². The lowest BCUT2D eigenvalue weighted by atomic mass is 10.4. The predicted molar refractivity (Wildman–Crippen MR) is 51.0 cm³/mol. The van der Waals surface area contributed by atoms with E-state index in [4.69, 9.17) is 0 Å². The number of rotatable bonds is 1. The van der Waals surface area contributed by atoms with Gasteiger partial charge >= 0.3 is 0 Å². The van der Waals surface area contributed by atoms with Crippen LogP contribution in [0.25, 0.3) is 11.0 Å². The average Bonchev–Trinajstić information content (AvgIpc) is 2.51. The van der Waals surface area contributed by atoms with Crippen LogP contribution in [0.3, 0.4) is 0 Å². The number of aromatic amines is 2. The van der Waals surface area contributed by atoms with Crippen LogP contribution < -0.4 is 10.5 Å². The van der Waals surface area contributed by atoms with Gasteiger partial charge in [-0.2, -0.15) is 0 Å². The van der Waals surface area contributed by atoms with Crippen LogP contribution in [0, 0.1) is 0 Å². The second-order valence-corrected chi connectivity index (χ2v) is 3.02. The summed E-state index contributed by atoms with van der Waals surface area (Å²) in [5.74, 6) is 0.567. The molecule has 2 rings (SSSR count). The highest BCUT2D eigenvalue weighted by molar-refractivity contribution is 5.74. The molecule has 0 saturated carbocycles. The molecule has 0 aliphatic carbocycles. The number of H-pyrrole nitrogens is 2. The molecule has 2 aromatic heterocycles. The summed E-state index contributed by atoms with van der Waals surface area (Å²) in [6, 6.07) is 1.78. The smallest absolute Gasteiger partial charge is 0.276 e. The monoisotopic (exact) mass is 178 g/mol. The molecule has 0 amide bonds. The third kappa shape index (κ3) is 1.18. The minimum Gasteiger partial charge on any atom is -0.355 e. The van der Waals surface area contributed by atoms with Crippen LogP contribution in [0.15, 0.2) is 17.1 Å². The van der Waals surface area contributed by atoms with Crippen LogP contribution in [-0.2, 0) is 0 Å². The molecule has 0 radical (unpaired) electrons. The number of fused-ring (bicyclic) bond motifs is 1. The third-order valence-electron chi connectivity index (χ3n) is 1.83. The molecule has 0 bridgehead atoms. The Balaban J connectivity index is 2.77. The lowest BCUT2D eigenvalue weighted by Gasteiger charge is -2.09. The van der Waals surface area contributed by atoms with Crippen molar-refractivity contribution in [2.24, 2.45) is 0 Å². The Bertz CT molecular complexity index is 482. The summed E-state index contributed by atoms with van der Waals surface area (Å²) in [4.78, 5) is 22.9. The van der Waals surface area contributed by atoms with E-state index >= 15 is 0 Å². The summed E-state index contributed by atoms with van der Waals surface area (Å²) in [6.07, 6.45) is 1.70. The van der Waals surface area contributed by atoms with E-state index in [1.54, 1.807) is 17.2 Å². The fourth-order valence-corrected chi connectivity index (χ4v) is 1.15. The molecular weight excluding hydrogens is 168 g/mol. The first-order valence-electron chi connectivity index (χ1n) is 3.93. The van der Waals surface area contributed by atoms with Crippen molar-refractivity contribution in [2.75, 3.05) is 19.0 Å². The summed E-state index contributed by atoms with van der Waals surface area (Å²) < 4.78 is 0. The normalized spacial score (nSPS) is 10.6. The number of nitrogens with one attached hydrogen (secondary N) is 2. The fraction of sp³-hybridized carbons (Fsp3) is 0.250. The maximum absolute atomic E-state index is 11.4. The van der Waals surface area contributed by atoms with E-state index in [1.165, 1.54) is 0 Å². The molecule has 2 aromatic rings. The van der Waals surface area contributed by atoms with Crippen LogP contribution in [0.4, 0.5) is 5.95 Å². The quantitative estimate of drug-likeness (QED) is 0.660. The van der Waals surface area contributed by atoms with Gasteiger partial charge in [-0.1, -0.05) is 0 Å². The van der Waals surface area contributed by atoms with Crippen LogP contribution in [0.2, 0.25) is 0 Å². The van der Waals surface area contributed by atoms with Gasteiger partial charge < -0.3 is 9.88 Å².